The molecule has 1 aliphatic carbocycles. The van der Waals surface area contributed by atoms with E-state index in [2.05, 4.69) is 4.72 Å². The fourth-order valence-corrected chi connectivity index (χ4v) is 5.03. The summed E-state index contributed by atoms with van der Waals surface area (Å²) in [5.41, 5.74) is 0. The molecule has 2 rings (SSSR count). The first kappa shape index (κ1) is 14.3. The van der Waals surface area contributed by atoms with Crippen molar-refractivity contribution in [2.45, 2.75) is 42.2 Å². The summed E-state index contributed by atoms with van der Waals surface area (Å²) in [7, 11) is -3.35. The van der Waals surface area contributed by atoms with Crippen molar-refractivity contribution in [3.63, 3.8) is 0 Å². The van der Waals surface area contributed by atoms with Gasteiger partial charge < -0.3 is 0 Å². The Labute approximate surface area is 118 Å². The third-order valence-electron chi connectivity index (χ3n) is 3.33. The first-order valence-corrected chi connectivity index (χ1v) is 8.93. The number of thiophene rings is 1. The Kier molecular flexibility index (Phi) is 4.69. The Morgan fingerprint density at radius 3 is 2.72 bits per heavy atom. The topological polar surface area (TPSA) is 46.2 Å². The third-order valence-corrected chi connectivity index (χ3v) is 6.82. The maximum atomic E-state index is 12.1. The second-order valence-electron chi connectivity index (χ2n) is 4.78. The lowest BCUT2D eigenvalue weighted by atomic mass is 9.89. The van der Waals surface area contributed by atoms with Crippen LogP contribution in [0.1, 0.15) is 30.6 Å². The van der Waals surface area contributed by atoms with Crippen LogP contribution in [0.5, 0.6) is 0 Å². The predicted molar refractivity (Wildman–Crippen MR) is 75.8 cm³/mol. The number of sulfonamides is 1. The highest BCUT2D eigenvalue weighted by atomic mass is 35.5. The average molecular weight is 308 g/mol. The molecule has 0 bridgehead atoms. The number of aryl methyl sites for hydroxylation is 1. The summed E-state index contributed by atoms with van der Waals surface area (Å²) in [4.78, 5) is 1.00. The zero-order chi connectivity index (χ0) is 13.2. The molecule has 18 heavy (non-hydrogen) atoms. The molecule has 1 aromatic rings. The van der Waals surface area contributed by atoms with Crippen LogP contribution >= 0.6 is 22.9 Å². The quantitative estimate of drug-likeness (QED) is 0.869. The van der Waals surface area contributed by atoms with Crippen molar-refractivity contribution in [2.75, 3.05) is 6.54 Å². The molecule has 0 radical (unpaired) electrons. The van der Waals surface area contributed by atoms with Crippen LogP contribution in [0, 0.1) is 12.8 Å². The van der Waals surface area contributed by atoms with Gasteiger partial charge in [0, 0.05) is 16.8 Å². The normalized spacial score (nSPS) is 25.2. The van der Waals surface area contributed by atoms with Crippen LogP contribution in [-0.2, 0) is 10.0 Å². The van der Waals surface area contributed by atoms with Crippen molar-refractivity contribution >= 4 is 33.0 Å². The Balaban J connectivity index is 1.96. The van der Waals surface area contributed by atoms with Gasteiger partial charge in [0.05, 0.1) is 0 Å². The first-order valence-electron chi connectivity index (χ1n) is 6.19. The Morgan fingerprint density at radius 1 is 1.39 bits per heavy atom. The van der Waals surface area contributed by atoms with Crippen LogP contribution < -0.4 is 4.72 Å². The van der Waals surface area contributed by atoms with Gasteiger partial charge >= 0.3 is 0 Å². The molecule has 2 atom stereocenters. The van der Waals surface area contributed by atoms with E-state index in [1.807, 2.05) is 13.0 Å². The van der Waals surface area contributed by atoms with Crippen LogP contribution in [0.4, 0.5) is 0 Å². The molecule has 3 nitrogen and oxygen atoms in total. The summed E-state index contributed by atoms with van der Waals surface area (Å²) in [6, 6.07) is 3.48. The molecule has 0 amide bonds. The highest BCUT2D eigenvalue weighted by Crippen LogP contribution is 2.28. The van der Waals surface area contributed by atoms with Crippen LogP contribution in [-0.4, -0.2) is 20.3 Å². The van der Waals surface area contributed by atoms with Crippen LogP contribution in [0.15, 0.2) is 16.3 Å². The molecule has 0 aromatic carbocycles. The lowest BCUT2D eigenvalue weighted by Crippen LogP contribution is -2.34. The standard InChI is InChI=1S/C12H18ClNO2S2/c1-9-6-7-12(17-9)18(15,16)14-8-10-4-2-3-5-11(10)13/h6-7,10-11,14H,2-5,8H2,1H3. The van der Waals surface area contributed by atoms with Gasteiger partial charge in [-0.15, -0.1) is 22.9 Å². The van der Waals surface area contributed by atoms with E-state index in [4.69, 9.17) is 11.6 Å². The predicted octanol–water partition coefficient (Wildman–Crippen LogP) is 3.13. The van der Waals surface area contributed by atoms with Crippen molar-refractivity contribution < 1.29 is 8.42 Å². The van der Waals surface area contributed by atoms with Crippen molar-refractivity contribution in [3.8, 4) is 0 Å². The van der Waals surface area contributed by atoms with E-state index in [-0.39, 0.29) is 11.3 Å². The second-order valence-corrected chi connectivity index (χ2v) is 8.62. The van der Waals surface area contributed by atoms with Gasteiger partial charge in [-0.2, -0.15) is 0 Å². The zero-order valence-corrected chi connectivity index (χ0v) is 12.7. The third kappa shape index (κ3) is 3.47. The highest BCUT2D eigenvalue weighted by Gasteiger charge is 2.25. The van der Waals surface area contributed by atoms with Gasteiger partial charge in [0.1, 0.15) is 4.21 Å². The monoisotopic (exact) mass is 307 g/mol. The van der Waals surface area contributed by atoms with Gasteiger partial charge in [0.2, 0.25) is 10.0 Å². The van der Waals surface area contributed by atoms with E-state index < -0.39 is 10.0 Å². The van der Waals surface area contributed by atoms with Gasteiger partial charge in [0.25, 0.3) is 0 Å². The summed E-state index contributed by atoms with van der Waals surface area (Å²) >= 11 is 7.53. The van der Waals surface area contributed by atoms with Crippen molar-refractivity contribution in [1.82, 2.24) is 4.72 Å². The molecule has 1 heterocycles. The molecular weight excluding hydrogens is 290 g/mol. The molecule has 1 fully saturated rings. The van der Waals surface area contributed by atoms with Crippen LogP contribution in [0.3, 0.4) is 0 Å². The fourth-order valence-electron chi connectivity index (χ4n) is 2.24. The maximum Gasteiger partial charge on any atom is 0.250 e. The summed E-state index contributed by atoms with van der Waals surface area (Å²) < 4.78 is 27.2. The minimum absolute atomic E-state index is 0.103. The highest BCUT2D eigenvalue weighted by molar-refractivity contribution is 7.91. The number of halogens is 1. The molecular formula is C12H18ClNO2S2. The molecule has 0 aliphatic heterocycles. The Hall–Kier alpha value is -0.100. The van der Waals surface area contributed by atoms with Crippen LogP contribution in [0.25, 0.3) is 0 Å². The second kappa shape index (κ2) is 5.90. The minimum atomic E-state index is -3.35. The van der Waals surface area contributed by atoms with Crippen molar-refractivity contribution in [3.05, 3.63) is 17.0 Å². The van der Waals surface area contributed by atoms with E-state index in [1.54, 1.807) is 6.07 Å². The minimum Gasteiger partial charge on any atom is -0.210 e. The largest absolute Gasteiger partial charge is 0.250 e. The van der Waals surface area contributed by atoms with Gasteiger partial charge in [-0.1, -0.05) is 12.8 Å². The van der Waals surface area contributed by atoms with Gasteiger partial charge in [0.15, 0.2) is 0 Å². The molecule has 6 heteroatoms. The van der Waals surface area contributed by atoms with Gasteiger partial charge in [-0.25, -0.2) is 13.1 Å². The molecule has 1 N–H and O–H groups in total. The molecule has 0 spiro atoms. The fraction of sp³-hybridized carbons (Fsp3) is 0.667. The lowest BCUT2D eigenvalue weighted by Gasteiger charge is -2.26. The molecule has 1 aromatic heterocycles. The summed E-state index contributed by atoms with van der Waals surface area (Å²) in [6.45, 7) is 2.35. The van der Waals surface area contributed by atoms with E-state index in [0.717, 1.165) is 30.6 Å². The van der Waals surface area contributed by atoms with Crippen molar-refractivity contribution in [2.24, 2.45) is 5.92 Å². The summed E-state index contributed by atoms with van der Waals surface area (Å²) in [5, 5.41) is 0.103. The molecule has 2 unspecified atom stereocenters. The maximum absolute atomic E-state index is 12.1. The lowest BCUT2D eigenvalue weighted by molar-refractivity contribution is 0.364. The number of hydrogen-bond acceptors (Lipinski definition) is 3. The SMILES string of the molecule is Cc1ccc(S(=O)(=O)NCC2CCCCC2Cl)s1. The van der Waals surface area contributed by atoms with E-state index in [0.29, 0.717) is 10.8 Å². The van der Waals surface area contributed by atoms with Gasteiger partial charge in [-0.3, -0.25) is 0 Å². The number of nitrogens with one attached hydrogen (secondary N) is 1. The molecule has 0 saturated heterocycles. The number of alkyl halides is 1. The summed E-state index contributed by atoms with van der Waals surface area (Å²) in [6.07, 6.45) is 4.31. The zero-order valence-electron chi connectivity index (χ0n) is 10.4. The molecule has 1 saturated carbocycles. The van der Waals surface area contributed by atoms with E-state index >= 15 is 0 Å². The first-order chi connectivity index (χ1) is 8.49. The average Bonchev–Trinajstić information content (AvgIpc) is 2.76. The van der Waals surface area contributed by atoms with E-state index in [9.17, 15) is 8.42 Å². The Bertz CT molecular complexity index is 498. The molecule has 102 valence electrons. The summed E-state index contributed by atoms with van der Waals surface area (Å²) in [5.74, 6) is 0.260. The smallest absolute Gasteiger partial charge is 0.210 e. The molecule has 1 aliphatic rings. The number of hydrogen-bond donors (Lipinski definition) is 1. The Morgan fingerprint density at radius 2 is 2.11 bits per heavy atom. The number of rotatable bonds is 4. The van der Waals surface area contributed by atoms with E-state index in [1.165, 1.54) is 11.3 Å². The van der Waals surface area contributed by atoms with Gasteiger partial charge in [-0.05, 0) is 37.8 Å². The van der Waals surface area contributed by atoms with Crippen molar-refractivity contribution in [1.29, 1.82) is 0 Å². The van der Waals surface area contributed by atoms with Crippen LogP contribution in [0.2, 0.25) is 0 Å².